The van der Waals surface area contributed by atoms with Gasteiger partial charge in [0.1, 0.15) is 0 Å². The van der Waals surface area contributed by atoms with E-state index in [4.69, 9.17) is 16.6 Å². The largest absolute Gasteiger partial charge is 0.352 e. The molecule has 0 unspecified atom stereocenters. The van der Waals surface area contributed by atoms with Gasteiger partial charge in [-0.3, -0.25) is 14.2 Å². The van der Waals surface area contributed by atoms with Gasteiger partial charge in [-0.25, -0.2) is 4.98 Å². The number of carbonyl (C=O) groups excluding carboxylic acids is 1. The topological polar surface area (TPSA) is 77.6 Å². The van der Waals surface area contributed by atoms with Crippen LogP contribution in [-0.2, 0) is 13.6 Å². The van der Waals surface area contributed by atoms with Crippen LogP contribution < -0.4 is 5.32 Å². The lowest BCUT2D eigenvalue weighted by molar-refractivity contribution is 0.0954. The van der Waals surface area contributed by atoms with Crippen molar-refractivity contribution in [1.29, 1.82) is 0 Å². The minimum atomic E-state index is -0.119. The second-order valence-corrected chi connectivity index (χ2v) is 7.68. The summed E-state index contributed by atoms with van der Waals surface area (Å²) in [6.45, 7) is 5.08. The van der Waals surface area contributed by atoms with Crippen LogP contribution in [0, 0.1) is 13.8 Å². The average molecular weight is 423 g/mol. The van der Waals surface area contributed by atoms with Crippen molar-refractivity contribution in [2.75, 3.05) is 6.54 Å². The van der Waals surface area contributed by atoms with Gasteiger partial charge in [-0.1, -0.05) is 29.8 Å². The van der Waals surface area contributed by atoms with Crippen LogP contribution in [0.4, 0.5) is 0 Å². The maximum atomic E-state index is 13.0. The summed E-state index contributed by atoms with van der Waals surface area (Å²) in [5, 5.41) is 13.1. The highest BCUT2D eigenvalue weighted by Gasteiger charge is 2.16. The average Bonchev–Trinajstić information content (AvgIpc) is 3.25. The number of halogens is 1. The van der Waals surface area contributed by atoms with Gasteiger partial charge in [0.05, 0.1) is 33.7 Å². The van der Waals surface area contributed by atoms with Gasteiger partial charge < -0.3 is 5.32 Å². The van der Waals surface area contributed by atoms with E-state index in [-0.39, 0.29) is 5.91 Å². The van der Waals surface area contributed by atoms with Crippen LogP contribution in [0.3, 0.4) is 0 Å². The van der Waals surface area contributed by atoms with Crippen molar-refractivity contribution in [3.05, 3.63) is 64.7 Å². The number of benzene rings is 1. The van der Waals surface area contributed by atoms with Gasteiger partial charge in [0.15, 0.2) is 0 Å². The van der Waals surface area contributed by atoms with Crippen molar-refractivity contribution in [3.63, 3.8) is 0 Å². The molecule has 0 fully saturated rings. The number of rotatable bonds is 6. The molecule has 154 valence electrons. The van der Waals surface area contributed by atoms with Crippen molar-refractivity contribution in [3.8, 4) is 11.3 Å². The van der Waals surface area contributed by atoms with Crippen LogP contribution in [0.15, 0.2) is 42.7 Å². The summed E-state index contributed by atoms with van der Waals surface area (Å²) in [5.74, 6) is -0.119. The number of aryl methyl sites for hydroxylation is 3. The molecule has 4 aromatic rings. The maximum absolute atomic E-state index is 13.0. The highest BCUT2D eigenvalue weighted by Crippen LogP contribution is 2.26. The molecule has 30 heavy (non-hydrogen) atoms. The number of fused-ring (bicyclic) bond motifs is 1. The van der Waals surface area contributed by atoms with Gasteiger partial charge in [0.2, 0.25) is 0 Å². The van der Waals surface area contributed by atoms with Crippen molar-refractivity contribution in [2.45, 2.75) is 26.8 Å². The number of nitrogens with one attached hydrogen (secondary N) is 1. The third kappa shape index (κ3) is 3.93. The predicted molar refractivity (Wildman–Crippen MR) is 118 cm³/mol. The molecule has 0 saturated heterocycles. The van der Waals surface area contributed by atoms with E-state index < -0.39 is 0 Å². The fourth-order valence-electron chi connectivity index (χ4n) is 3.40. The minimum Gasteiger partial charge on any atom is -0.352 e. The summed E-state index contributed by atoms with van der Waals surface area (Å²) >= 11 is 6.04. The first-order valence-corrected chi connectivity index (χ1v) is 10.2. The van der Waals surface area contributed by atoms with Crippen LogP contribution in [0.2, 0.25) is 5.02 Å². The zero-order chi connectivity index (χ0) is 21.3. The Labute approximate surface area is 179 Å². The van der Waals surface area contributed by atoms with Crippen molar-refractivity contribution in [2.24, 2.45) is 7.05 Å². The molecule has 0 aliphatic rings. The molecule has 1 aromatic carbocycles. The predicted octanol–water partition coefficient (Wildman–Crippen LogP) is 3.92. The molecule has 7 nitrogen and oxygen atoms in total. The first-order valence-electron chi connectivity index (χ1n) is 9.80. The molecule has 3 aromatic heterocycles. The van der Waals surface area contributed by atoms with E-state index in [1.165, 1.54) is 0 Å². The summed E-state index contributed by atoms with van der Waals surface area (Å²) < 4.78 is 3.60. The highest BCUT2D eigenvalue weighted by molar-refractivity contribution is 6.31. The van der Waals surface area contributed by atoms with E-state index >= 15 is 0 Å². The number of carbonyl (C=O) groups is 1. The van der Waals surface area contributed by atoms with Crippen LogP contribution in [0.25, 0.3) is 22.2 Å². The van der Waals surface area contributed by atoms with Crippen LogP contribution in [0.5, 0.6) is 0 Å². The summed E-state index contributed by atoms with van der Waals surface area (Å²) in [6.07, 6.45) is 4.34. The Kier molecular flexibility index (Phi) is 5.55. The lowest BCUT2D eigenvalue weighted by Gasteiger charge is -2.10. The first kappa shape index (κ1) is 20.1. The third-order valence-corrected chi connectivity index (χ3v) is 5.58. The zero-order valence-corrected chi connectivity index (χ0v) is 17.9. The SMILES string of the molecule is Cc1nn(CCCNC(=O)c2cc(-c3cnn(C)c3C)nc3ccccc23)cc1Cl. The number of hydrogen-bond acceptors (Lipinski definition) is 4. The summed E-state index contributed by atoms with van der Waals surface area (Å²) in [6, 6.07) is 9.53. The Hall–Kier alpha value is -3.19. The summed E-state index contributed by atoms with van der Waals surface area (Å²) in [7, 11) is 1.89. The minimum absolute atomic E-state index is 0.119. The normalized spacial score (nSPS) is 11.2. The number of hydrogen-bond donors (Lipinski definition) is 1. The third-order valence-electron chi connectivity index (χ3n) is 5.21. The molecule has 0 aliphatic heterocycles. The first-order chi connectivity index (χ1) is 14.4. The lowest BCUT2D eigenvalue weighted by atomic mass is 10.0. The fourth-order valence-corrected chi connectivity index (χ4v) is 3.55. The molecule has 0 bridgehead atoms. The van der Waals surface area contributed by atoms with Crippen molar-refractivity contribution < 1.29 is 4.79 Å². The highest BCUT2D eigenvalue weighted by atomic mass is 35.5. The number of para-hydroxylation sites is 1. The summed E-state index contributed by atoms with van der Waals surface area (Å²) in [4.78, 5) is 17.8. The van der Waals surface area contributed by atoms with Gasteiger partial charge in [0, 0.05) is 43.0 Å². The molecular formula is C22H23ClN6O. The van der Waals surface area contributed by atoms with Crippen LogP contribution in [0.1, 0.15) is 28.2 Å². The quantitative estimate of drug-likeness (QED) is 0.478. The Morgan fingerprint density at radius 2 is 2.03 bits per heavy atom. The lowest BCUT2D eigenvalue weighted by Crippen LogP contribution is -2.25. The van der Waals surface area contributed by atoms with Gasteiger partial charge in [0.25, 0.3) is 5.91 Å². The molecule has 1 N–H and O–H groups in total. The number of amides is 1. The molecule has 8 heteroatoms. The molecule has 0 spiro atoms. The Morgan fingerprint density at radius 1 is 1.23 bits per heavy atom. The summed E-state index contributed by atoms with van der Waals surface area (Å²) in [5.41, 5.74) is 4.86. The van der Waals surface area contributed by atoms with E-state index in [1.54, 1.807) is 21.8 Å². The van der Waals surface area contributed by atoms with Crippen LogP contribution in [-0.4, -0.2) is 37.0 Å². The van der Waals surface area contributed by atoms with Crippen molar-refractivity contribution in [1.82, 2.24) is 29.9 Å². The maximum Gasteiger partial charge on any atom is 0.252 e. The zero-order valence-electron chi connectivity index (χ0n) is 17.2. The molecule has 0 saturated carbocycles. The Morgan fingerprint density at radius 3 is 2.73 bits per heavy atom. The van der Waals surface area contributed by atoms with Crippen LogP contribution >= 0.6 is 11.6 Å². The molecule has 0 atom stereocenters. The standard InChI is InChI=1S/C22H23ClN6O/c1-14-19(23)13-29(27-14)10-6-9-24-22(30)17-11-21(18-12-25-28(3)15(18)2)26-20-8-5-4-7-16(17)20/h4-5,7-8,11-13H,6,9-10H2,1-3H3,(H,24,30). The Balaban J connectivity index is 1.54. The molecule has 0 radical (unpaired) electrons. The van der Waals surface area contributed by atoms with Gasteiger partial charge in [-0.2, -0.15) is 10.2 Å². The molecular weight excluding hydrogens is 400 g/mol. The van der Waals surface area contributed by atoms with E-state index in [0.717, 1.165) is 40.0 Å². The number of nitrogens with zero attached hydrogens (tertiary/aromatic N) is 5. The van der Waals surface area contributed by atoms with E-state index in [2.05, 4.69) is 15.5 Å². The van der Waals surface area contributed by atoms with E-state index in [1.807, 2.05) is 51.2 Å². The van der Waals surface area contributed by atoms with E-state index in [0.29, 0.717) is 23.7 Å². The molecule has 3 heterocycles. The van der Waals surface area contributed by atoms with E-state index in [9.17, 15) is 4.79 Å². The molecule has 0 aliphatic carbocycles. The smallest absolute Gasteiger partial charge is 0.252 e. The van der Waals surface area contributed by atoms with Gasteiger partial charge in [-0.05, 0) is 32.4 Å². The number of pyridine rings is 1. The molecule has 4 rings (SSSR count). The second kappa shape index (κ2) is 8.28. The fraction of sp³-hybridized carbons (Fsp3) is 0.273. The Bertz CT molecular complexity index is 1210. The van der Waals surface area contributed by atoms with Gasteiger partial charge >= 0.3 is 0 Å². The monoisotopic (exact) mass is 422 g/mol. The van der Waals surface area contributed by atoms with Crippen molar-refractivity contribution >= 4 is 28.4 Å². The number of aromatic nitrogens is 5. The second-order valence-electron chi connectivity index (χ2n) is 7.27. The van der Waals surface area contributed by atoms with Gasteiger partial charge in [-0.15, -0.1) is 0 Å². The molecule has 1 amide bonds.